The average Bonchev–Trinajstić information content (AvgIpc) is 2.08. The second-order valence-corrected chi connectivity index (χ2v) is 4.02. The first-order valence-corrected chi connectivity index (χ1v) is 4.81. The van der Waals surface area contributed by atoms with Crippen LogP contribution in [0, 0.1) is 11.7 Å². The van der Waals surface area contributed by atoms with Crippen LogP contribution in [0.15, 0.2) is 18.2 Å². The number of hydrogen-bond donors (Lipinski definition) is 2. The zero-order valence-electron chi connectivity index (χ0n) is 8.63. The van der Waals surface area contributed by atoms with Crippen LogP contribution in [-0.2, 0) is 0 Å². The lowest BCUT2D eigenvalue weighted by atomic mass is 9.97. The van der Waals surface area contributed by atoms with Crippen molar-refractivity contribution in [3.05, 3.63) is 29.6 Å². The van der Waals surface area contributed by atoms with Gasteiger partial charge < -0.3 is 11.5 Å². The Balaban J connectivity index is 2.80. The van der Waals surface area contributed by atoms with Gasteiger partial charge in [-0.05, 0) is 30.0 Å². The van der Waals surface area contributed by atoms with E-state index in [1.54, 1.807) is 12.1 Å². The molecule has 0 aliphatic heterocycles. The fraction of sp³-hybridized carbons (Fsp3) is 0.455. The van der Waals surface area contributed by atoms with Gasteiger partial charge in [0.1, 0.15) is 5.82 Å². The predicted octanol–water partition coefficient (Wildman–Crippen LogP) is 2.45. The second-order valence-electron chi connectivity index (χ2n) is 4.02. The molecule has 0 spiro atoms. The molecule has 0 aliphatic carbocycles. The smallest absolute Gasteiger partial charge is 0.146 e. The van der Waals surface area contributed by atoms with E-state index in [1.165, 1.54) is 6.07 Å². The Labute approximate surface area is 84.1 Å². The third-order valence-corrected chi connectivity index (χ3v) is 2.18. The van der Waals surface area contributed by atoms with Crippen molar-refractivity contribution in [2.45, 2.75) is 26.3 Å². The van der Waals surface area contributed by atoms with Crippen LogP contribution in [-0.4, -0.2) is 0 Å². The second kappa shape index (κ2) is 4.42. The highest BCUT2D eigenvalue weighted by molar-refractivity contribution is 5.41. The van der Waals surface area contributed by atoms with Crippen LogP contribution < -0.4 is 11.5 Å². The Morgan fingerprint density at radius 3 is 2.50 bits per heavy atom. The summed E-state index contributed by atoms with van der Waals surface area (Å²) in [5.74, 6) is 0.118. The summed E-state index contributed by atoms with van der Waals surface area (Å²) in [6.45, 7) is 4.18. The zero-order chi connectivity index (χ0) is 10.7. The average molecular weight is 196 g/mol. The molecular formula is C11H17FN2. The molecule has 0 amide bonds. The van der Waals surface area contributed by atoms with Gasteiger partial charge in [0.15, 0.2) is 0 Å². The minimum absolute atomic E-state index is 0.106. The van der Waals surface area contributed by atoms with E-state index in [0.717, 1.165) is 12.0 Å². The topological polar surface area (TPSA) is 52.0 Å². The molecule has 78 valence electrons. The van der Waals surface area contributed by atoms with Gasteiger partial charge in [0, 0.05) is 6.04 Å². The van der Waals surface area contributed by atoms with Crippen LogP contribution in [0.25, 0.3) is 0 Å². The molecule has 0 saturated heterocycles. The number of halogens is 1. The molecular weight excluding hydrogens is 179 g/mol. The van der Waals surface area contributed by atoms with Crippen molar-refractivity contribution in [3.8, 4) is 0 Å². The Morgan fingerprint density at radius 2 is 2.00 bits per heavy atom. The third-order valence-electron chi connectivity index (χ3n) is 2.18. The van der Waals surface area contributed by atoms with E-state index in [-0.39, 0.29) is 17.5 Å². The lowest BCUT2D eigenvalue weighted by Gasteiger charge is -2.14. The van der Waals surface area contributed by atoms with Crippen molar-refractivity contribution in [2.75, 3.05) is 5.73 Å². The maximum absolute atomic E-state index is 13.1. The number of anilines is 1. The van der Waals surface area contributed by atoms with Crippen molar-refractivity contribution in [1.29, 1.82) is 0 Å². The molecule has 3 heteroatoms. The maximum Gasteiger partial charge on any atom is 0.146 e. The molecule has 2 nitrogen and oxygen atoms in total. The summed E-state index contributed by atoms with van der Waals surface area (Å²) in [6.07, 6.45) is 0.851. The number of benzene rings is 1. The van der Waals surface area contributed by atoms with E-state index in [2.05, 4.69) is 13.8 Å². The quantitative estimate of drug-likeness (QED) is 0.729. The van der Waals surface area contributed by atoms with E-state index < -0.39 is 0 Å². The molecule has 1 atom stereocenters. The molecule has 0 unspecified atom stereocenters. The number of rotatable bonds is 3. The summed E-state index contributed by atoms with van der Waals surface area (Å²) in [5.41, 5.74) is 12.3. The van der Waals surface area contributed by atoms with Crippen LogP contribution >= 0.6 is 0 Å². The summed E-state index contributed by atoms with van der Waals surface area (Å²) < 4.78 is 13.1. The van der Waals surface area contributed by atoms with E-state index in [0.29, 0.717) is 5.92 Å². The van der Waals surface area contributed by atoms with Gasteiger partial charge in [0.25, 0.3) is 0 Å². The molecule has 0 radical (unpaired) electrons. The molecule has 1 aromatic carbocycles. The maximum atomic E-state index is 13.1. The van der Waals surface area contributed by atoms with Crippen LogP contribution in [0.1, 0.15) is 31.9 Å². The van der Waals surface area contributed by atoms with E-state index in [1.807, 2.05) is 0 Å². The molecule has 1 aromatic rings. The highest BCUT2D eigenvalue weighted by Crippen LogP contribution is 2.21. The normalized spacial score (nSPS) is 13.2. The van der Waals surface area contributed by atoms with Crippen LogP contribution in [0.3, 0.4) is 0 Å². The molecule has 14 heavy (non-hydrogen) atoms. The summed E-state index contributed by atoms with van der Waals surface area (Å²) in [7, 11) is 0. The first-order chi connectivity index (χ1) is 6.50. The van der Waals surface area contributed by atoms with Gasteiger partial charge in [0.2, 0.25) is 0 Å². The van der Waals surface area contributed by atoms with Crippen LogP contribution in [0.2, 0.25) is 0 Å². The third kappa shape index (κ3) is 2.70. The van der Waals surface area contributed by atoms with Crippen LogP contribution in [0.5, 0.6) is 0 Å². The molecule has 1 rings (SSSR count). The molecule has 0 saturated carbocycles. The van der Waals surface area contributed by atoms with Gasteiger partial charge in [-0.2, -0.15) is 0 Å². The predicted molar refractivity (Wildman–Crippen MR) is 57.2 cm³/mol. The van der Waals surface area contributed by atoms with Crippen molar-refractivity contribution in [3.63, 3.8) is 0 Å². The van der Waals surface area contributed by atoms with E-state index in [4.69, 9.17) is 11.5 Å². The first-order valence-electron chi connectivity index (χ1n) is 4.81. The summed E-state index contributed by atoms with van der Waals surface area (Å²) >= 11 is 0. The fourth-order valence-electron chi connectivity index (χ4n) is 1.42. The van der Waals surface area contributed by atoms with Crippen molar-refractivity contribution in [2.24, 2.45) is 11.7 Å². The van der Waals surface area contributed by atoms with Gasteiger partial charge in [-0.25, -0.2) is 4.39 Å². The highest BCUT2D eigenvalue weighted by Gasteiger charge is 2.09. The lowest BCUT2D eigenvalue weighted by Crippen LogP contribution is -2.13. The Hall–Kier alpha value is -1.09. The van der Waals surface area contributed by atoms with Crippen molar-refractivity contribution < 1.29 is 4.39 Å². The Morgan fingerprint density at radius 1 is 1.36 bits per heavy atom. The summed E-state index contributed by atoms with van der Waals surface area (Å²) in [6, 6.07) is 4.66. The Bertz CT molecular complexity index is 310. The number of nitrogens with two attached hydrogens (primary N) is 2. The lowest BCUT2D eigenvalue weighted by molar-refractivity contribution is 0.507. The van der Waals surface area contributed by atoms with Crippen molar-refractivity contribution >= 4 is 5.69 Å². The standard InChI is InChI=1S/C11H17FN2/c1-7(2)5-11(14)8-3-4-10(13)9(12)6-8/h3-4,6-7,11H,5,13-14H2,1-2H3/t11-/m0/s1. The van der Waals surface area contributed by atoms with E-state index >= 15 is 0 Å². The number of nitrogen functional groups attached to an aromatic ring is 1. The minimum atomic E-state index is -0.387. The Kier molecular flexibility index (Phi) is 3.47. The SMILES string of the molecule is CC(C)C[C@H](N)c1ccc(N)c(F)c1. The molecule has 0 aliphatic rings. The molecule has 0 aromatic heterocycles. The van der Waals surface area contributed by atoms with Crippen LogP contribution in [0.4, 0.5) is 10.1 Å². The van der Waals surface area contributed by atoms with E-state index in [9.17, 15) is 4.39 Å². The molecule has 0 fully saturated rings. The molecule has 0 bridgehead atoms. The monoisotopic (exact) mass is 196 g/mol. The minimum Gasteiger partial charge on any atom is -0.396 e. The number of hydrogen-bond acceptors (Lipinski definition) is 2. The fourth-order valence-corrected chi connectivity index (χ4v) is 1.42. The highest BCUT2D eigenvalue weighted by atomic mass is 19.1. The first kappa shape index (κ1) is 11.0. The van der Waals surface area contributed by atoms with Gasteiger partial charge in [-0.1, -0.05) is 19.9 Å². The molecule has 4 N–H and O–H groups in total. The van der Waals surface area contributed by atoms with Gasteiger partial charge in [0.05, 0.1) is 5.69 Å². The van der Waals surface area contributed by atoms with Crippen molar-refractivity contribution in [1.82, 2.24) is 0 Å². The summed E-state index contributed by atoms with van der Waals surface area (Å²) in [4.78, 5) is 0. The van der Waals surface area contributed by atoms with Gasteiger partial charge in [-0.15, -0.1) is 0 Å². The summed E-state index contributed by atoms with van der Waals surface area (Å²) in [5, 5.41) is 0. The molecule has 0 heterocycles. The van der Waals surface area contributed by atoms with Gasteiger partial charge >= 0.3 is 0 Å². The largest absolute Gasteiger partial charge is 0.396 e. The van der Waals surface area contributed by atoms with Gasteiger partial charge in [-0.3, -0.25) is 0 Å². The zero-order valence-corrected chi connectivity index (χ0v) is 8.63.